The van der Waals surface area contributed by atoms with Gasteiger partial charge in [-0.2, -0.15) is 4.31 Å². The van der Waals surface area contributed by atoms with Crippen LogP contribution >= 0.6 is 22.9 Å². The standard InChI is InChI=1S/C19H21ClN2O4S2/c20-15-3-5-17-13(10-15)9-14(12-26-17)19(23)21-11-16-4-6-18(27-16)28(24,25)22-7-1-2-8-22/h3-6,10,14H,1-2,7-9,11-12H2,(H,21,23). The number of fused-ring (bicyclic) bond motifs is 1. The number of rotatable bonds is 5. The number of amides is 1. The van der Waals surface area contributed by atoms with Crippen LogP contribution in [0.4, 0.5) is 0 Å². The zero-order valence-electron chi connectivity index (χ0n) is 15.2. The van der Waals surface area contributed by atoms with Crippen molar-refractivity contribution in [1.29, 1.82) is 0 Å². The Morgan fingerprint density at radius 3 is 2.82 bits per heavy atom. The molecule has 0 aliphatic carbocycles. The van der Waals surface area contributed by atoms with Gasteiger partial charge in [-0.25, -0.2) is 8.42 Å². The van der Waals surface area contributed by atoms with Crippen molar-refractivity contribution >= 4 is 38.9 Å². The topological polar surface area (TPSA) is 75.7 Å². The van der Waals surface area contributed by atoms with E-state index < -0.39 is 10.0 Å². The molecule has 3 heterocycles. The molecule has 28 heavy (non-hydrogen) atoms. The van der Waals surface area contributed by atoms with E-state index in [9.17, 15) is 13.2 Å². The summed E-state index contributed by atoms with van der Waals surface area (Å²) < 4.78 is 32.7. The normalized spacial score (nSPS) is 19.8. The summed E-state index contributed by atoms with van der Waals surface area (Å²) in [5, 5.41) is 3.52. The molecule has 0 radical (unpaired) electrons. The van der Waals surface area contributed by atoms with Gasteiger partial charge < -0.3 is 10.1 Å². The number of benzene rings is 1. The molecule has 2 aliphatic heterocycles. The van der Waals surface area contributed by atoms with Gasteiger partial charge in [-0.15, -0.1) is 11.3 Å². The monoisotopic (exact) mass is 440 g/mol. The number of sulfonamides is 1. The maximum Gasteiger partial charge on any atom is 0.252 e. The fourth-order valence-electron chi connectivity index (χ4n) is 3.50. The average molecular weight is 441 g/mol. The maximum absolute atomic E-state index is 12.6. The van der Waals surface area contributed by atoms with Crippen LogP contribution in [0.3, 0.4) is 0 Å². The molecule has 2 aromatic rings. The molecule has 1 atom stereocenters. The molecule has 2 aliphatic rings. The van der Waals surface area contributed by atoms with Crippen molar-refractivity contribution in [3.63, 3.8) is 0 Å². The summed E-state index contributed by atoms with van der Waals surface area (Å²) in [5.41, 5.74) is 0.925. The van der Waals surface area contributed by atoms with E-state index in [0.717, 1.165) is 29.0 Å². The molecule has 1 aromatic heterocycles. The van der Waals surface area contributed by atoms with Crippen molar-refractivity contribution in [3.05, 3.63) is 45.8 Å². The summed E-state index contributed by atoms with van der Waals surface area (Å²) in [5.74, 6) is 0.366. The quantitative estimate of drug-likeness (QED) is 0.775. The van der Waals surface area contributed by atoms with Gasteiger partial charge >= 0.3 is 0 Å². The van der Waals surface area contributed by atoms with Crippen molar-refractivity contribution in [1.82, 2.24) is 9.62 Å². The van der Waals surface area contributed by atoms with Gasteiger partial charge in [0.25, 0.3) is 10.0 Å². The molecule has 6 nitrogen and oxygen atoms in total. The second-order valence-corrected chi connectivity index (χ2v) is 10.8. The van der Waals surface area contributed by atoms with Crippen LogP contribution in [0.5, 0.6) is 5.75 Å². The lowest BCUT2D eigenvalue weighted by molar-refractivity contribution is -0.126. The Morgan fingerprint density at radius 1 is 1.25 bits per heavy atom. The number of hydrogen-bond acceptors (Lipinski definition) is 5. The van der Waals surface area contributed by atoms with E-state index in [4.69, 9.17) is 16.3 Å². The lowest BCUT2D eigenvalue weighted by Crippen LogP contribution is -2.36. The first-order valence-electron chi connectivity index (χ1n) is 9.21. The second kappa shape index (κ2) is 8.02. The number of carbonyl (C=O) groups is 1. The van der Waals surface area contributed by atoms with E-state index in [1.165, 1.54) is 15.6 Å². The van der Waals surface area contributed by atoms with Gasteiger partial charge in [0.15, 0.2) is 0 Å². The highest BCUT2D eigenvalue weighted by molar-refractivity contribution is 7.91. The molecular weight excluding hydrogens is 420 g/mol. The van der Waals surface area contributed by atoms with Crippen LogP contribution in [-0.4, -0.2) is 38.3 Å². The Hall–Kier alpha value is -1.61. The number of carbonyl (C=O) groups excluding carboxylic acids is 1. The molecule has 1 saturated heterocycles. The summed E-state index contributed by atoms with van der Waals surface area (Å²) in [7, 11) is -3.41. The number of hydrogen-bond donors (Lipinski definition) is 1. The third-order valence-corrected chi connectivity index (χ3v) is 8.72. The fourth-order valence-corrected chi connectivity index (χ4v) is 6.66. The number of ether oxygens (including phenoxy) is 1. The van der Waals surface area contributed by atoms with Gasteiger partial charge in [-0.3, -0.25) is 4.79 Å². The highest BCUT2D eigenvalue weighted by Crippen LogP contribution is 2.30. The summed E-state index contributed by atoms with van der Waals surface area (Å²) in [6.07, 6.45) is 2.39. The lowest BCUT2D eigenvalue weighted by atomic mass is 9.96. The van der Waals surface area contributed by atoms with E-state index in [1.54, 1.807) is 18.2 Å². The summed E-state index contributed by atoms with van der Waals surface area (Å²) in [4.78, 5) is 13.3. The number of nitrogens with zero attached hydrogens (tertiary/aromatic N) is 1. The van der Waals surface area contributed by atoms with Crippen LogP contribution < -0.4 is 10.1 Å². The predicted molar refractivity (Wildman–Crippen MR) is 108 cm³/mol. The van der Waals surface area contributed by atoms with Gasteiger partial charge in [0.2, 0.25) is 5.91 Å². The molecule has 1 amide bonds. The summed E-state index contributed by atoms with van der Waals surface area (Å²) in [6.45, 7) is 1.79. The maximum atomic E-state index is 12.6. The Kier molecular flexibility index (Phi) is 5.64. The minimum atomic E-state index is -3.41. The van der Waals surface area contributed by atoms with Crippen LogP contribution in [0, 0.1) is 5.92 Å². The third kappa shape index (κ3) is 4.05. The van der Waals surface area contributed by atoms with Gasteiger partial charge in [0, 0.05) is 23.0 Å². The van der Waals surface area contributed by atoms with E-state index in [1.807, 2.05) is 12.1 Å². The van der Waals surface area contributed by atoms with Crippen LogP contribution in [0.25, 0.3) is 0 Å². The van der Waals surface area contributed by atoms with Crippen LogP contribution in [0.2, 0.25) is 5.02 Å². The highest BCUT2D eigenvalue weighted by Gasteiger charge is 2.29. The van der Waals surface area contributed by atoms with Crippen molar-refractivity contribution < 1.29 is 17.9 Å². The van der Waals surface area contributed by atoms with Crippen molar-refractivity contribution in [2.45, 2.75) is 30.0 Å². The second-order valence-electron chi connectivity index (χ2n) is 7.01. The Morgan fingerprint density at radius 2 is 2.04 bits per heavy atom. The van der Waals surface area contributed by atoms with E-state index >= 15 is 0 Å². The minimum Gasteiger partial charge on any atom is -0.492 e. The number of nitrogens with one attached hydrogen (secondary N) is 1. The lowest BCUT2D eigenvalue weighted by Gasteiger charge is -2.24. The van der Waals surface area contributed by atoms with Crippen molar-refractivity contribution in [2.75, 3.05) is 19.7 Å². The number of thiophene rings is 1. The Bertz CT molecular complexity index is 984. The summed E-state index contributed by atoms with van der Waals surface area (Å²) in [6, 6.07) is 8.80. The van der Waals surface area contributed by atoms with E-state index in [-0.39, 0.29) is 11.8 Å². The molecule has 0 spiro atoms. The third-order valence-electron chi connectivity index (χ3n) is 5.03. The summed E-state index contributed by atoms with van der Waals surface area (Å²) >= 11 is 7.24. The molecule has 0 saturated carbocycles. The van der Waals surface area contributed by atoms with Crippen LogP contribution in [0.15, 0.2) is 34.5 Å². The Labute approximate surface area is 173 Å². The number of halogens is 1. The largest absolute Gasteiger partial charge is 0.492 e. The van der Waals surface area contributed by atoms with Crippen LogP contribution in [-0.2, 0) is 27.8 Å². The molecule has 9 heteroatoms. The SMILES string of the molecule is O=C(NCc1ccc(S(=O)(=O)N2CCCC2)s1)C1COc2ccc(Cl)cc2C1. The first kappa shape index (κ1) is 19.7. The first-order chi connectivity index (χ1) is 13.4. The predicted octanol–water partition coefficient (Wildman–Crippen LogP) is 3.05. The minimum absolute atomic E-state index is 0.108. The van der Waals surface area contributed by atoms with E-state index in [2.05, 4.69) is 5.32 Å². The first-order valence-corrected chi connectivity index (χ1v) is 11.8. The Balaban J connectivity index is 1.36. The molecule has 1 unspecified atom stereocenters. The molecule has 1 aromatic carbocycles. The zero-order chi connectivity index (χ0) is 19.7. The van der Waals surface area contributed by atoms with E-state index in [0.29, 0.717) is 41.9 Å². The van der Waals surface area contributed by atoms with Crippen molar-refractivity contribution in [3.8, 4) is 5.75 Å². The fraction of sp³-hybridized carbons (Fsp3) is 0.421. The molecule has 1 N–H and O–H groups in total. The van der Waals surface area contributed by atoms with Gasteiger partial charge in [-0.05, 0) is 55.2 Å². The highest BCUT2D eigenvalue weighted by atomic mass is 35.5. The van der Waals surface area contributed by atoms with Crippen LogP contribution in [0.1, 0.15) is 23.3 Å². The zero-order valence-corrected chi connectivity index (χ0v) is 17.6. The molecule has 0 bridgehead atoms. The molecular formula is C19H21ClN2O4S2. The average Bonchev–Trinajstić information content (AvgIpc) is 3.38. The van der Waals surface area contributed by atoms with Gasteiger partial charge in [-0.1, -0.05) is 11.6 Å². The molecule has 150 valence electrons. The molecule has 4 rings (SSSR count). The smallest absolute Gasteiger partial charge is 0.252 e. The van der Waals surface area contributed by atoms with Crippen molar-refractivity contribution in [2.24, 2.45) is 5.92 Å². The van der Waals surface area contributed by atoms with Gasteiger partial charge in [0.1, 0.15) is 16.6 Å². The van der Waals surface area contributed by atoms with Gasteiger partial charge in [0.05, 0.1) is 12.5 Å². The molecule has 1 fully saturated rings.